The number of unbranched alkanes of at least 4 members (excludes halogenated alkanes) is 1. The Labute approximate surface area is 146 Å². The molecule has 0 spiro atoms. The van der Waals surface area contributed by atoms with Crippen LogP contribution in [-0.2, 0) is 4.79 Å². The molecule has 0 aliphatic rings. The Bertz CT molecular complexity index is 757. The lowest BCUT2D eigenvalue weighted by atomic mass is 10.0. The quantitative estimate of drug-likeness (QED) is 0.333. The molecular weight excluding hydrogens is 318 g/mol. The van der Waals surface area contributed by atoms with Gasteiger partial charge in [0.1, 0.15) is 11.6 Å². The standard InChI is InChI=1S/C19H23N3O3/c1-2-3-4-17(19(23)24)25-16-10-9-14(11-15(16)20)12-5-7-13(8-6-12)18(21)22/h5-11,17H,2-4,20H2,1H3,(H3,21,22)(H,23,24). The normalized spacial score (nSPS) is 11.7. The Kier molecular flexibility index (Phi) is 6.00. The van der Waals surface area contributed by atoms with Crippen LogP contribution in [0.2, 0.25) is 0 Å². The van der Waals surface area contributed by atoms with Gasteiger partial charge in [0.15, 0.2) is 6.10 Å². The van der Waals surface area contributed by atoms with Crippen LogP contribution in [0.3, 0.4) is 0 Å². The maximum atomic E-state index is 11.3. The average Bonchev–Trinajstić information content (AvgIpc) is 2.59. The molecule has 0 radical (unpaired) electrons. The molecule has 0 aliphatic carbocycles. The largest absolute Gasteiger partial charge is 0.479 e. The minimum atomic E-state index is -0.989. The van der Waals surface area contributed by atoms with Crippen molar-refractivity contribution in [1.29, 1.82) is 5.41 Å². The molecule has 6 nitrogen and oxygen atoms in total. The molecule has 1 unspecified atom stereocenters. The van der Waals surface area contributed by atoms with Crippen molar-refractivity contribution < 1.29 is 14.6 Å². The van der Waals surface area contributed by atoms with Gasteiger partial charge in [0.2, 0.25) is 0 Å². The molecule has 0 bridgehead atoms. The Morgan fingerprint density at radius 3 is 2.36 bits per heavy atom. The number of aliphatic carboxylic acids is 1. The van der Waals surface area contributed by atoms with Gasteiger partial charge < -0.3 is 21.3 Å². The molecule has 0 saturated carbocycles. The van der Waals surface area contributed by atoms with E-state index in [0.717, 1.165) is 24.0 Å². The average molecular weight is 341 g/mol. The minimum absolute atomic E-state index is 0.0154. The molecule has 0 amide bonds. The zero-order chi connectivity index (χ0) is 18.4. The lowest BCUT2D eigenvalue weighted by Crippen LogP contribution is -2.27. The summed E-state index contributed by atoms with van der Waals surface area (Å²) in [5.41, 5.74) is 14.3. The number of hydrogen-bond acceptors (Lipinski definition) is 4. The number of rotatable bonds is 8. The van der Waals surface area contributed by atoms with E-state index < -0.39 is 12.1 Å². The van der Waals surface area contributed by atoms with Crippen LogP contribution in [0.1, 0.15) is 31.7 Å². The third kappa shape index (κ3) is 4.73. The molecule has 25 heavy (non-hydrogen) atoms. The van der Waals surface area contributed by atoms with Gasteiger partial charge in [-0.3, -0.25) is 5.41 Å². The van der Waals surface area contributed by atoms with E-state index in [0.29, 0.717) is 23.4 Å². The van der Waals surface area contributed by atoms with E-state index in [1.807, 2.05) is 25.1 Å². The molecule has 2 rings (SSSR count). The number of nitrogens with two attached hydrogens (primary N) is 2. The number of ether oxygens (including phenoxy) is 1. The molecule has 6 heteroatoms. The fraction of sp³-hybridized carbons (Fsp3) is 0.263. The second kappa shape index (κ2) is 8.19. The second-order valence-corrected chi connectivity index (χ2v) is 5.83. The summed E-state index contributed by atoms with van der Waals surface area (Å²) >= 11 is 0. The summed E-state index contributed by atoms with van der Waals surface area (Å²) in [6.07, 6.45) is 1.22. The van der Waals surface area contributed by atoms with E-state index in [1.165, 1.54) is 0 Å². The number of hydrogen-bond donors (Lipinski definition) is 4. The first kappa shape index (κ1) is 18.3. The van der Waals surface area contributed by atoms with E-state index in [2.05, 4.69) is 0 Å². The predicted molar refractivity (Wildman–Crippen MR) is 98.9 cm³/mol. The van der Waals surface area contributed by atoms with Gasteiger partial charge in [-0.05, 0) is 36.1 Å². The zero-order valence-electron chi connectivity index (χ0n) is 14.2. The third-order valence-corrected chi connectivity index (χ3v) is 3.90. The molecule has 0 heterocycles. The van der Waals surface area contributed by atoms with Crippen LogP contribution in [0, 0.1) is 5.41 Å². The van der Waals surface area contributed by atoms with Gasteiger partial charge in [-0.25, -0.2) is 4.79 Å². The monoisotopic (exact) mass is 341 g/mol. The fourth-order valence-corrected chi connectivity index (χ4v) is 2.45. The van der Waals surface area contributed by atoms with E-state index in [-0.39, 0.29) is 5.84 Å². The Balaban J connectivity index is 2.19. The highest BCUT2D eigenvalue weighted by Gasteiger charge is 2.19. The van der Waals surface area contributed by atoms with Gasteiger partial charge >= 0.3 is 5.97 Å². The Morgan fingerprint density at radius 2 is 1.84 bits per heavy atom. The number of carboxylic acids is 1. The summed E-state index contributed by atoms with van der Waals surface area (Å²) in [4.78, 5) is 11.3. The lowest BCUT2D eigenvalue weighted by Gasteiger charge is -2.17. The number of nitrogens with one attached hydrogen (secondary N) is 1. The van der Waals surface area contributed by atoms with Crippen LogP contribution in [-0.4, -0.2) is 23.0 Å². The maximum absolute atomic E-state index is 11.3. The highest BCUT2D eigenvalue weighted by atomic mass is 16.5. The summed E-state index contributed by atoms with van der Waals surface area (Å²) in [7, 11) is 0. The maximum Gasteiger partial charge on any atom is 0.344 e. The van der Waals surface area contributed by atoms with Gasteiger partial charge in [0, 0.05) is 5.56 Å². The van der Waals surface area contributed by atoms with Gasteiger partial charge in [-0.2, -0.15) is 0 Å². The molecule has 0 aromatic heterocycles. The lowest BCUT2D eigenvalue weighted by molar-refractivity contribution is -0.145. The van der Waals surface area contributed by atoms with Gasteiger partial charge in [0.25, 0.3) is 0 Å². The van der Waals surface area contributed by atoms with Gasteiger partial charge in [0.05, 0.1) is 5.69 Å². The van der Waals surface area contributed by atoms with Crippen molar-refractivity contribution in [2.45, 2.75) is 32.3 Å². The van der Waals surface area contributed by atoms with Crippen molar-refractivity contribution in [2.75, 3.05) is 5.73 Å². The number of nitrogen functional groups attached to an aromatic ring is 2. The van der Waals surface area contributed by atoms with Crippen molar-refractivity contribution in [3.8, 4) is 16.9 Å². The molecular formula is C19H23N3O3. The van der Waals surface area contributed by atoms with E-state index in [1.54, 1.807) is 24.3 Å². The summed E-state index contributed by atoms with van der Waals surface area (Å²) in [6, 6.07) is 12.5. The number of amidine groups is 1. The smallest absolute Gasteiger partial charge is 0.344 e. The molecule has 6 N–H and O–H groups in total. The minimum Gasteiger partial charge on any atom is -0.479 e. The molecule has 0 aliphatic heterocycles. The fourth-order valence-electron chi connectivity index (χ4n) is 2.45. The van der Waals surface area contributed by atoms with Crippen molar-refractivity contribution >= 4 is 17.5 Å². The van der Waals surface area contributed by atoms with Crippen LogP contribution in [0.25, 0.3) is 11.1 Å². The van der Waals surface area contributed by atoms with Crippen LogP contribution < -0.4 is 16.2 Å². The molecule has 0 saturated heterocycles. The van der Waals surface area contributed by atoms with E-state index >= 15 is 0 Å². The number of carboxylic acid groups (broad SMARTS) is 1. The van der Waals surface area contributed by atoms with Crippen LogP contribution in [0.15, 0.2) is 42.5 Å². The van der Waals surface area contributed by atoms with Crippen LogP contribution in [0.4, 0.5) is 5.69 Å². The molecule has 2 aromatic carbocycles. The van der Waals surface area contributed by atoms with E-state index in [9.17, 15) is 9.90 Å². The van der Waals surface area contributed by atoms with Crippen molar-refractivity contribution in [3.05, 3.63) is 48.0 Å². The highest BCUT2D eigenvalue weighted by Crippen LogP contribution is 2.30. The second-order valence-electron chi connectivity index (χ2n) is 5.83. The molecule has 1 atom stereocenters. The number of anilines is 1. The predicted octanol–water partition coefficient (Wildman–Crippen LogP) is 3.24. The van der Waals surface area contributed by atoms with Crippen molar-refractivity contribution in [1.82, 2.24) is 0 Å². The van der Waals surface area contributed by atoms with Crippen LogP contribution in [0.5, 0.6) is 5.75 Å². The highest BCUT2D eigenvalue weighted by molar-refractivity contribution is 5.95. The van der Waals surface area contributed by atoms with Crippen LogP contribution >= 0.6 is 0 Å². The summed E-state index contributed by atoms with van der Waals surface area (Å²) < 4.78 is 5.58. The first-order valence-electron chi connectivity index (χ1n) is 8.16. The number of carbonyl (C=O) groups is 1. The SMILES string of the molecule is CCCCC(Oc1ccc(-c2ccc(C(=N)N)cc2)cc1N)C(=O)O. The van der Waals surface area contributed by atoms with Crippen molar-refractivity contribution in [2.24, 2.45) is 5.73 Å². The summed E-state index contributed by atoms with van der Waals surface area (Å²) in [5, 5.41) is 16.7. The summed E-state index contributed by atoms with van der Waals surface area (Å²) in [5.74, 6) is -0.606. The molecule has 0 fully saturated rings. The number of benzene rings is 2. The topological polar surface area (TPSA) is 122 Å². The first-order chi connectivity index (χ1) is 11.9. The molecule has 2 aromatic rings. The zero-order valence-corrected chi connectivity index (χ0v) is 14.2. The summed E-state index contributed by atoms with van der Waals surface area (Å²) in [6.45, 7) is 2.00. The van der Waals surface area contributed by atoms with Crippen molar-refractivity contribution in [3.63, 3.8) is 0 Å². The van der Waals surface area contributed by atoms with E-state index in [4.69, 9.17) is 21.6 Å². The Morgan fingerprint density at radius 1 is 1.20 bits per heavy atom. The molecule has 132 valence electrons. The van der Waals surface area contributed by atoms with Gasteiger partial charge in [-0.1, -0.05) is 43.7 Å². The van der Waals surface area contributed by atoms with Gasteiger partial charge in [-0.15, -0.1) is 0 Å². The first-order valence-corrected chi connectivity index (χ1v) is 8.16. The third-order valence-electron chi connectivity index (χ3n) is 3.90. The Hall–Kier alpha value is -3.02.